The number of rotatable bonds is 1. The molecule has 0 saturated carbocycles. The van der Waals surface area contributed by atoms with E-state index in [1.807, 2.05) is 0 Å². The monoisotopic (exact) mass is 141 g/mol. The van der Waals surface area contributed by atoms with Crippen molar-refractivity contribution in [3.63, 3.8) is 0 Å². The van der Waals surface area contributed by atoms with E-state index in [1.54, 1.807) is 0 Å². The summed E-state index contributed by atoms with van der Waals surface area (Å²) in [6, 6.07) is 0.781. The van der Waals surface area contributed by atoms with Crippen LogP contribution in [-0.4, -0.2) is 12.6 Å². The van der Waals surface area contributed by atoms with Crippen molar-refractivity contribution in [2.45, 2.75) is 46.1 Å². The van der Waals surface area contributed by atoms with Crippen LogP contribution < -0.4 is 5.32 Å². The maximum Gasteiger partial charge on any atom is 0.00695 e. The van der Waals surface area contributed by atoms with Crippen molar-refractivity contribution in [1.82, 2.24) is 5.32 Å². The van der Waals surface area contributed by atoms with Crippen LogP contribution in [0.2, 0.25) is 0 Å². The van der Waals surface area contributed by atoms with Gasteiger partial charge in [0.25, 0.3) is 0 Å². The molecule has 0 bridgehead atoms. The molecule has 1 rings (SSSR count). The third-order valence-corrected chi connectivity index (χ3v) is 2.53. The van der Waals surface area contributed by atoms with E-state index in [4.69, 9.17) is 0 Å². The second-order valence-electron chi connectivity index (χ2n) is 4.18. The lowest BCUT2D eigenvalue weighted by Gasteiger charge is -2.35. The number of hydrogen-bond acceptors (Lipinski definition) is 1. The molecule has 1 unspecified atom stereocenters. The van der Waals surface area contributed by atoms with Gasteiger partial charge in [0.2, 0.25) is 0 Å². The summed E-state index contributed by atoms with van der Waals surface area (Å²) in [5, 5.41) is 3.52. The molecule has 0 aromatic carbocycles. The topological polar surface area (TPSA) is 12.0 Å². The van der Waals surface area contributed by atoms with E-state index in [2.05, 4.69) is 26.1 Å². The number of piperidine rings is 1. The molecule has 0 aromatic rings. The Bertz CT molecular complexity index is 107. The Morgan fingerprint density at radius 2 is 2.20 bits per heavy atom. The third-order valence-electron chi connectivity index (χ3n) is 2.53. The minimum atomic E-state index is 0.589. The molecule has 1 fully saturated rings. The van der Waals surface area contributed by atoms with E-state index in [-0.39, 0.29) is 0 Å². The maximum atomic E-state index is 3.52. The molecule has 0 spiro atoms. The van der Waals surface area contributed by atoms with Gasteiger partial charge in [-0.25, -0.2) is 0 Å². The van der Waals surface area contributed by atoms with Gasteiger partial charge in [-0.1, -0.05) is 20.8 Å². The van der Waals surface area contributed by atoms with Crippen molar-refractivity contribution in [3.8, 4) is 0 Å². The largest absolute Gasteiger partial charge is 0.314 e. The van der Waals surface area contributed by atoms with Gasteiger partial charge in [-0.3, -0.25) is 0 Å². The highest BCUT2D eigenvalue weighted by Crippen LogP contribution is 2.30. The van der Waals surface area contributed by atoms with Gasteiger partial charge in [0.05, 0.1) is 0 Å². The molecule has 0 aliphatic carbocycles. The highest BCUT2D eigenvalue weighted by molar-refractivity contribution is 4.82. The summed E-state index contributed by atoms with van der Waals surface area (Å²) in [5.41, 5.74) is 0.589. The lowest BCUT2D eigenvalue weighted by molar-refractivity contribution is 0.206. The smallest absolute Gasteiger partial charge is 0.00695 e. The summed E-state index contributed by atoms with van der Waals surface area (Å²) >= 11 is 0. The van der Waals surface area contributed by atoms with Crippen molar-refractivity contribution >= 4 is 0 Å². The molecule has 1 N–H and O–H groups in total. The standard InChI is InChI=1S/C9H19N/c1-4-8-7-9(2,3)5-6-10-8/h8,10H,4-7H2,1-3H3. The van der Waals surface area contributed by atoms with Crippen molar-refractivity contribution in [1.29, 1.82) is 0 Å². The van der Waals surface area contributed by atoms with Crippen molar-refractivity contribution in [2.75, 3.05) is 6.54 Å². The minimum absolute atomic E-state index is 0.589. The van der Waals surface area contributed by atoms with Gasteiger partial charge < -0.3 is 5.32 Å². The van der Waals surface area contributed by atoms with Crippen molar-refractivity contribution in [2.24, 2.45) is 5.41 Å². The van der Waals surface area contributed by atoms with Gasteiger partial charge in [-0.15, -0.1) is 0 Å². The molecule has 1 heteroatoms. The summed E-state index contributed by atoms with van der Waals surface area (Å²) in [6.45, 7) is 8.22. The zero-order chi connectivity index (χ0) is 7.61. The first-order chi connectivity index (χ1) is 4.64. The molecule has 1 nitrogen and oxygen atoms in total. The van der Waals surface area contributed by atoms with Crippen LogP contribution in [0.15, 0.2) is 0 Å². The summed E-state index contributed by atoms with van der Waals surface area (Å²) in [6.07, 6.45) is 3.97. The lowest BCUT2D eigenvalue weighted by Crippen LogP contribution is -2.41. The molecule has 60 valence electrons. The van der Waals surface area contributed by atoms with E-state index < -0.39 is 0 Å². The van der Waals surface area contributed by atoms with Gasteiger partial charge in [0.1, 0.15) is 0 Å². The quantitative estimate of drug-likeness (QED) is 0.590. The van der Waals surface area contributed by atoms with E-state index in [9.17, 15) is 0 Å². The fourth-order valence-electron chi connectivity index (χ4n) is 1.74. The lowest BCUT2D eigenvalue weighted by atomic mass is 9.79. The summed E-state index contributed by atoms with van der Waals surface area (Å²) in [5.74, 6) is 0. The Kier molecular flexibility index (Phi) is 2.35. The molecule has 0 radical (unpaired) electrons. The Labute approximate surface area is 64.2 Å². The first-order valence-corrected chi connectivity index (χ1v) is 4.37. The average molecular weight is 141 g/mol. The van der Waals surface area contributed by atoms with Crippen LogP contribution in [0.1, 0.15) is 40.0 Å². The average Bonchev–Trinajstić information content (AvgIpc) is 1.86. The van der Waals surface area contributed by atoms with Gasteiger partial charge in [0, 0.05) is 6.04 Å². The summed E-state index contributed by atoms with van der Waals surface area (Å²) in [4.78, 5) is 0. The first-order valence-electron chi connectivity index (χ1n) is 4.37. The molecule has 1 aliphatic rings. The van der Waals surface area contributed by atoms with E-state index >= 15 is 0 Å². The molecule has 1 aliphatic heterocycles. The molecule has 1 heterocycles. The van der Waals surface area contributed by atoms with Crippen LogP contribution in [0.5, 0.6) is 0 Å². The Morgan fingerprint density at radius 3 is 2.60 bits per heavy atom. The van der Waals surface area contributed by atoms with Gasteiger partial charge in [-0.2, -0.15) is 0 Å². The Balaban J connectivity index is 2.40. The van der Waals surface area contributed by atoms with E-state index in [0.717, 1.165) is 6.04 Å². The van der Waals surface area contributed by atoms with Crippen LogP contribution in [-0.2, 0) is 0 Å². The van der Waals surface area contributed by atoms with Crippen molar-refractivity contribution < 1.29 is 0 Å². The molecule has 1 saturated heterocycles. The zero-order valence-corrected chi connectivity index (χ0v) is 7.41. The molecule has 10 heavy (non-hydrogen) atoms. The second kappa shape index (κ2) is 2.91. The van der Waals surface area contributed by atoms with Crippen LogP contribution >= 0.6 is 0 Å². The predicted octanol–water partition coefficient (Wildman–Crippen LogP) is 2.17. The number of hydrogen-bond donors (Lipinski definition) is 1. The zero-order valence-electron chi connectivity index (χ0n) is 7.41. The SMILES string of the molecule is CCC1CC(C)(C)CCN1. The molecule has 0 aromatic heterocycles. The van der Waals surface area contributed by atoms with Crippen LogP contribution in [0.4, 0.5) is 0 Å². The third kappa shape index (κ3) is 1.98. The molecule has 0 amide bonds. The van der Waals surface area contributed by atoms with Gasteiger partial charge in [-0.05, 0) is 31.2 Å². The normalized spacial score (nSPS) is 32.1. The second-order valence-corrected chi connectivity index (χ2v) is 4.18. The van der Waals surface area contributed by atoms with E-state index in [0.29, 0.717) is 5.41 Å². The Hall–Kier alpha value is -0.0400. The van der Waals surface area contributed by atoms with Crippen LogP contribution in [0.3, 0.4) is 0 Å². The van der Waals surface area contributed by atoms with Crippen LogP contribution in [0.25, 0.3) is 0 Å². The minimum Gasteiger partial charge on any atom is -0.314 e. The molecule has 1 atom stereocenters. The van der Waals surface area contributed by atoms with Crippen LogP contribution in [0, 0.1) is 5.41 Å². The number of nitrogens with one attached hydrogen (secondary N) is 1. The highest BCUT2D eigenvalue weighted by atomic mass is 14.9. The predicted molar refractivity (Wildman–Crippen MR) is 45.1 cm³/mol. The van der Waals surface area contributed by atoms with Gasteiger partial charge in [0.15, 0.2) is 0 Å². The maximum absolute atomic E-state index is 3.52. The fourth-order valence-corrected chi connectivity index (χ4v) is 1.74. The molecular formula is C9H19N. The Morgan fingerprint density at radius 1 is 1.50 bits per heavy atom. The van der Waals surface area contributed by atoms with Gasteiger partial charge >= 0.3 is 0 Å². The molecular weight excluding hydrogens is 122 g/mol. The highest BCUT2D eigenvalue weighted by Gasteiger charge is 2.25. The first kappa shape index (κ1) is 8.06. The van der Waals surface area contributed by atoms with Crippen molar-refractivity contribution in [3.05, 3.63) is 0 Å². The van der Waals surface area contributed by atoms with E-state index in [1.165, 1.54) is 25.8 Å². The summed E-state index contributed by atoms with van der Waals surface area (Å²) in [7, 11) is 0. The summed E-state index contributed by atoms with van der Waals surface area (Å²) < 4.78 is 0. The fraction of sp³-hybridized carbons (Fsp3) is 1.00.